The van der Waals surface area contributed by atoms with Gasteiger partial charge in [0.1, 0.15) is 0 Å². The second-order valence-corrected chi connectivity index (χ2v) is 5.60. The van der Waals surface area contributed by atoms with Crippen LogP contribution in [0, 0.1) is 0 Å². The molecule has 0 unspecified atom stereocenters. The van der Waals surface area contributed by atoms with E-state index < -0.39 is 12.0 Å². The minimum absolute atomic E-state index is 0.102. The maximum atomic E-state index is 12.6. The molecule has 0 saturated carbocycles. The molecule has 2 amide bonds. The molecule has 1 fully saturated rings. The Morgan fingerprint density at radius 3 is 2.32 bits per heavy atom. The second kappa shape index (κ2) is 6.60. The van der Waals surface area contributed by atoms with Gasteiger partial charge in [-0.05, 0) is 19.1 Å². The summed E-state index contributed by atoms with van der Waals surface area (Å²) in [6.07, 6.45) is -0.172. The molecule has 0 bridgehead atoms. The van der Waals surface area contributed by atoms with Gasteiger partial charge in [-0.25, -0.2) is 0 Å². The maximum Gasteiger partial charge on any atom is 0.305 e. The van der Waals surface area contributed by atoms with E-state index in [1.165, 1.54) is 6.92 Å². The van der Waals surface area contributed by atoms with Crippen LogP contribution in [0.5, 0.6) is 0 Å². The van der Waals surface area contributed by atoms with E-state index in [1.54, 1.807) is 34.1 Å². The predicted octanol–water partition coefficient (Wildman–Crippen LogP) is 1.22. The van der Waals surface area contributed by atoms with Gasteiger partial charge in [0.2, 0.25) is 5.91 Å². The van der Waals surface area contributed by atoms with E-state index in [9.17, 15) is 14.4 Å². The van der Waals surface area contributed by atoms with Gasteiger partial charge < -0.3 is 14.9 Å². The summed E-state index contributed by atoms with van der Waals surface area (Å²) >= 11 is 0. The van der Waals surface area contributed by atoms with Crippen molar-refractivity contribution < 1.29 is 19.5 Å². The van der Waals surface area contributed by atoms with Crippen LogP contribution in [0.1, 0.15) is 30.6 Å². The summed E-state index contributed by atoms with van der Waals surface area (Å²) in [5.74, 6) is -1.27. The molecule has 118 valence electrons. The zero-order valence-corrected chi connectivity index (χ0v) is 12.7. The summed E-state index contributed by atoms with van der Waals surface area (Å²) in [5, 5.41) is 9.09. The largest absolute Gasteiger partial charge is 0.481 e. The third-order valence-electron chi connectivity index (χ3n) is 3.94. The normalized spacial score (nSPS) is 21.5. The molecular weight excluding hydrogens is 284 g/mol. The summed E-state index contributed by atoms with van der Waals surface area (Å²) in [6.45, 7) is 3.92. The van der Waals surface area contributed by atoms with Crippen LogP contribution in [0.4, 0.5) is 0 Å². The van der Waals surface area contributed by atoms with Crippen molar-refractivity contribution in [3.63, 3.8) is 0 Å². The number of carboxylic acid groups (broad SMARTS) is 1. The number of nitrogens with zero attached hydrogens (tertiary/aromatic N) is 2. The molecule has 1 aromatic carbocycles. The molecule has 0 aliphatic carbocycles. The first-order valence-corrected chi connectivity index (χ1v) is 7.25. The Bertz CT molecular complexity index is 573. The van der Waals surface area contributed by atoms with Crippen LogP contribution in [0.15, 0.2) is 30.3 Å². The molecule has 6 heteroatoms. The van der Waals surface area contributed by atoms with E-state index in [0.29, 0.717) is 12.1 Å². The fourth-order valence-electron chi connectivity index (χ4n) is 2.85. The number of hydrogen-bond donors (Lipinski definition) is 1. The lowest BCUT2D eigenvalue weighted by atomic mass is 10.0. The Morgan fingerprint density at radius 1 is 1.14 bits per heavy atom. The molecule has 1 aliphatic rings. The number of aliphatic carboxylic acids is 1. The number of hydrogen-bond acceptors (Lipinski definition) is 3. The quantitative estimate of drug-likeness (QED) is 0.911. The number of amides is 2. The second-order valence-electron chi connectivity index (χ2n) is 5.60. The van der Waals surface area contributed by atoms with Crippen molar-refractivity contribution in [2.45, 2.75) is 32.4 Å². The zero-order chi connectivity index (χ0) is 16.3. The lowest BCUT2D eigenvalue weighted by Gasteiger charge is -2.44. The summed E-state index contributed by atoms with van der Waals surface area (Å²) in [7, 11) is 0. The van der Waals surface area contributed by atoms with Crippen LogP contribution >= 0.6 is 0 Å². The van der Waals surface area contributed by atoms with Gasteiger partial charge in [0.05, 0.1) is 12.5 Å². The van der Waals surface area contributed by atoms with Crippen molar-refractivity contribution in [2.75, 3.05) is 13.1 Å². The van der Waals surface area contributed by atoms with Crippen molar-refractivity contribution in [1.29, 1.82) is 0 Å². The van der Waals surface area contributed by atoms with E-state index in [-0.39, 0.29) is 30.8 Å². The Hall–Kier alpha value is -2.37. The average Bonchev–Trinajstić information content (AvgIpc) is 2.48. The highest BCUT2D eigenvalue weighted by Crippen LogP contribution is 2.20. The third kappa shape index (κ3) is 3.44. The lowest BCUT2D eigenvalue weighted by molar-refractivity contribution is -0.142. The van der Waals surface area contributed by atoms with Crippen molar-refractivity contribution in [1.82, 2.24) is 9.80 Å². The molecule has 0 spiro atoms. The number of carbonyl (C=O) groups is 3. The van der Waals surface area contributed by atoms with E-state index in [2.05, 4.69) is 0 Å². The minimum Gasteiger partial charge on any atom is -0.481 e. The molecule has 1 saturated heterocycles. The first-order valence-electron chi connectivity index (χ1n) is 7.25. The summed E-state index contributed by atoms with van der Waals surface area (Å²) < 4.78 is 0. The van der Waals surface area contributed by atoms with Crippen LogP contribution in [0.3, 0.4) is 0 Å². The average molecular weight is 304 g/mol. The van der Waals surface area contributed by atoms with E-state index >= 15 is 0 Å². The van der Waals surface area contributed by atoms with Gasteiger partial charge in [-0.15, -0.1) is 0 Å². The number of benzene rings is 1. The van der Waals surface area contributed by atoms with Crippen molar-refractivity contribution >= 4 is 17.8 Å². The maximum absolute atomic E-state index is 12.6. The van der Waals surface area contributed by atoms with E-state index in [0.717, 1.165) is 0 Å². The molecule has 1 heterocycles. The standard InChI is InChI=1S/C16H20N2O4/c1-11-9-18(16(22)13-6-4-3-5-7-13)14(8-15(20)21)10-17(11)12(2)19/h3-7,11,14H,8-10H2,1-2H3,(H,20,21)/t11-,14-/m0/s1. The summed E-state index contributed by atoms with van der Waals surface area (Å²) in [5.41, 5.74) is 0.529. The Morgan fingerprint density at radius 2 is 1.77 bits per heavy atom. The lowest BCUT2D eigenvalue weighted by Crippen LogP contribution is -2.60. The first-order chi connectivity index (χ1) is 10.4. The molecule has 2 atom stereocenters. The highest BCUT2D eigenvalue weighted by Gasteiger charge is 2.36. The Kier molecular flexibility index (Phi) is 4.80. The van der Waals surface area contributed by atoms with Crippen molar-refractivity contribution in [3.8, 4) is 0 Å². The van der Waals surface area contributed by atoms with Crippen LogP contribution in [-0.2, 0) is 9.59 Å². The first kappa shape index (κ1) is 16.0. The number of piperazine rings is 1. The van der Waals surface area contributed by atoms with Crippen molar-refractivity contribution in [3.05, 3.63) is 35.9 Å². The monoisotopic (exact) mass is 304 g/mol. The highest BCUT2D eigenvalue weighted by molar-refractivity contribution is 5.95. The molecule has 2 rings (SSSR count). The highest BCUT2D eigenvalue weighted by atomic mass is 16.4. The molecule has 22 heavy (non-hydrogen) atoms. The summed E-state index contributed by atoms with van der Waals surface area (Å²) in [4.78, 5) is 38.6. The van der Waals surface area contributed by atoms with Crippen LogP contribution in [0.2, 0.25) is 0 Å². The van der Waals surface area contributed by atoms with Gasteiger partial charge in [-0.2, -0.15) is 0 Å². The summed E-state index contributed by atoms with van der Waals surface area (Å²) in [6, 6.07) is 8.15. The molecule has 1 N–H and O–H groups in total. The van der Waals surface area contributed by atoms with Gasteiger partial charge in [-0.1, -0.05) is 18.2 Å². The predicted molar refractivity (Wildman–Crippen MR) is 80.4 cm³/mol. The van der Waals surface area contributed by atoms with Crippen LogP contribution < -0.4 is 0 Å². The fourth-order valence-corrected chi connectivity index (χ4v) is 2.85. The van der Waals surface area contributed by atoms with Gasteiger partial charge in [0, 0.05) is 31.6 Å². The molecule has 6 nitrogen and oxygen atoms in total. The fraction of sp³-hybridized carbons (Fsp3) is 0.438. The number of carbonyl (C=O) groups excluding carboxylic acids is 2. The van der Waals surface area contributed by atoms with Crippen molar-refractivity contribution in [2.24, 2.45) is 0 Å². The minimum atomic E-state index is -0.978. The van der Waals surface area contributed by atoms with Gasteiger partial charge in [0.25, 0.3) is 5.91 Å². The Balaban J connectivity index is 2.25. The molecule has 1 aliphatic heterocycles. The molecular formula is C16H20N2O4. The van der Waals surface area contributed by atoms with E-state index in [1.807, 2.05) is 13.0 Å². The third-order valence-corrected chi connectivity index (χ3v) is 3.94. The van der Waals surface area contributed by atoms with Gasteiger partial charge >= 0.3 is 5.97 Å². The molecule has 0 aromatic heterocycles. The smallest absolute Gasteiger partial charge is 0.305 e. The van der Waals surface area contributed by atoms with E-state index in [4.69, 9.17) is 5.11 Å². The molecule has 0 radical (unpaired) electrons. The number of carboxylic acids is 1. The number of rotatable bonds is 3. The Labute approximate surface area is 129 Å². The SMILES string of the molecule is CC(=O)N1C[C@H](CC(=O)O)N(C(=O)c2ccccc2)C[C@@H]1C. The van der Waals surface area contributed by atoms with Crippen LogP contribution in [-0.4, -0.2) is 57.9 Å². The van der Waals surface area contributed by atoms with Gasteiger partial charge in [0.15, 0.2) is 0 Å². The zero-order valence-electron chi connectivity index (χ0n) is 12.7. The van der Waals surface area contributed by atoms with Crippen LogP contribution in [0.25, 0.3) is 0 Å². The van der Waals surface area contributed by atoms with Gasteiger partial charge in [-0.3, -0.25) is 14.4 Å². The molecule has 1 aromatic rings. The topological polar surface area (TPSA) is 77.9 Å².